The number of hydrogen-bond donors (Lipinski definition) is 1. The number of hydrogen-bond acceptors (Lipinski definition) is 4. The number of halogens is 3. The van der Waals surface area contributed by atoms with Gasteiger partial charge >= 0.3 is 0 Å². The van der Waals surface area contributed by atoms with Crippen LogP contribution in [0, 0.1) is 17.5 Å². The molecule has 1 aliphatic rings. The van der Waals surface area contributed by atoms with Gasteiger partial charge in [-0.05, 0) is 25.0 Å². The first kappa shape index (κ1) is 12.6. The van der Waals surface area contributed by atoms with Crippen molar-refractivity contribution in [2.75, 3.05) is 0 Å². The largest absolute Gasteiger partial charge is 0.308 e. The minimum absolute atomic E-state index is 0.0610. The molecule has 0 bridgehead atoms. The molecule has 1 aromatic heterocycles. The highest BCUT2D eigenvalue weighted by Gasteiger charge is 2.21. The fourth-order valence-corrected chi connectivity index (χ4v) is 2.45. The van der Waals surface area contributed by atoms with E-state index in [0.717, 1.165) is 18.9 Å². The summed E-state index contributed by atoms with van der Waals surface area (Å²) in [5.74, 6) is -3.91. The summed E-state index contributed by atoms with van der Waals surface area (Å²) in [6, 6.07) is 2.59. The van der Waals surface area contributed by atoms with Gasteiger partial charge in [-0.2, -0.15) is 0 Å². The summed E-state index contributed by atoms with van der Waals surface area (Å²) in [6.07, 6.45) is 2.31. The number of nitrogens with one attached hydrogen (secondary N) is 1. The van der Waals surface area contributed by atoms with E-state index in [0.29, 0.717) is 17.6 Å². The van der Waals surface area contributed by atoms with Crippen LogP contribution >= 0.6 is 11.3 Å². The van der Waals surface area contributed by atoms with E-state index in [-0.39, 0.29) is 10.6 Å². The summed E-state index contributed by atoms with van der Waals surface area (Å²) in [5.41, 5.74) is -0.0610. The van der Waals surface area contributed by atoms with Crippen LogP contribution in [-0.2, 0) is 6.54 Å². The first-order valence-electron chi connectivity index (χ1n) is 5.85. The van der Waals surface area contributed by atoms with Crippen molar-refractivity contribution in [1.29, 1.82) is 0 Å². The molecule has 0 saturated heterocycles. The summed E-state index contributed by atoms with van der Waals surface area (Å²) in [6.45, 7) is 0.563. The van der Waals surface area contributed by atoms with Crippen LogP contribution in [-0.4, -0.2) is 16.2 Å². The van der Waals surface area contributed by atoms with Crippen molar-refractivity contribution in [3.63, 3.8) is 0 Å². The van der Waals surface area contributed by atoms with Gasteiger partial charge in [-0.3, -0.25) is 0 Å². The number of aromatic nitrogens is 2. The van der Waals surface area contributed by atoms with Gasteiger partial charge in [-0.1, -0.05) is 11.3 Å². The maximum absolute atomic E-state index is 13.6. The van der Waals surface area contributed by atoms with Gasteiger partial charge < -0.3 is 5.32 Å². The zero-order valence-corrected chi connectivity index (χ0v) is 10.6. The van der Waals surface area contributed by atoms with Crippen LogP contribution < -0.4 is 5.32 Å². The van der Waals surface area contributed by atoms with E-state index in [1.54, 1.807) is 0 Å². The van der Waals surface area contributed by atoms with E-state index >= 15 is 0 Å². The van der Waals surface area contributed by atoms with Crippen LogP contribution in [0.4, 0.5) is 13.2 Å². The zero-order chi connectivity index (χ0) is 13.4. The van der Waals surface area contributed by atoms with Crippen molar-refractivity contribution in [3.8, 4) is 10.6 Å². The Hall–Kier alpha value is -1.47. The summed E-state index contributed by atoms with van der Waals surface area (Å²) >= 11 is 1.17. The lowest BCUT2D eigenvalue weighted by Crippen LogP contribution is -2.14. The second-order valence-electron chi connectivity index (χ2n) is 4.38. The van der Waals surface area contributed by atoms with Gasteiger partial charge in [-0.15, -0.1) is 10.2 Å². The van der Waals surface area contributed by atoms with E-state index in [9.17, 15) is 13.2 Å². The zero-order valence-electron chi connectivity index (χ0n) is 9.79. The van der Waals surface area contributed by atoms with Gasteiger partial charge in [0.2, 0.25) is 0 Å². The minimum atomic E-state index is -1.48. The molecule has 1 aliphatic carbocycles. The lowest BCUT2D eigenvalue weighted by Gasteiger charge is -2.00. The van der Waals surface area contributed by atoms with Gasteiger partial charge in [0.15, 0.2) is 22.5 Å². The van der Waals surface area contributed by atoms with E-state index in [4.69, 9.17) is 0 Å². The Labute approximate surface area is 111 Å². The third kappa shape index (κ3) is 2.62. The van der Waals surface area contributed by atoms with Crippen molar-refractivity contribution in [1.82, 2.24) is 15.5 Å². The molecule has 3 rings (SSSR count). The molecule has 0 radical (unpaired) electrons. The molecule has 3 nitrogen and oxygen atoms in total. The minimum Gasteiger partial charge on any atom is -0.308 e. The standard InChI is InChI=1S/C12H10F3N3S/c13-8-4-3-7(10(14)11(8)15)12-18-17-9(19-12)5-16-6-1-2-6/h3-4,6,16H,1-2,5H2. The molecule has 0 aliphatic heterocycles. The number of benzene rings is 1. The molecule has 2 aromatic rings. The van der Waals surface area contributed by atoms with Crippen LogP contribution in [0.3, 0.4) is 0 Å². The summed E-state index contributed by atoms with van der Waals surface area (Å²) in [4.78, 5) is 0. The maximum atomic E-state index is 13.6. The van der Waals surface area contributed by atoms with Crippen LogP contribution in [0.25, 0.3) is 10.6 Å². The predicted octanol–water partition coefficient (Wildman–Crippen LogP) is 2.87. The molecule has 19 heavy (non-hydrogen) atoms. The van der Waals surface area contributed by atoms with Crippen molar-refractivity contribution >= 4 is 11.3 Å². The quantitative estimate of drug-likeness (QED) is 0.878. The number of rotatable bonds is 4. The second kappa shape index (κ2) is 4.90. The summed E-state index contributed by atoms with van der Waals surface area (Å²) in [5, 5.41) is 11.9. The predicted molar refractivity (Wildman–Crippen MR) is 65.1 cm³/mol. The highest BCUT2D eigenvalue weighted by Crippen LogP contribution is 2.28. The molecular weight excluding hydrogens is 275 g/mol. The molecule has 1 N–H and O–H groups in total. The molecular formula is C12H10F3N3S. The Kier molecular flexibility index (Phi) is 3.24. The lowest BCUT2D eigenvalue weighted by molar-refractivity contribution is 0.449. The van der Waals surface area contributed by atoms with Crippen molar-refractivity contribution in [2.24, 2.45) is 0 Å². The molecule has 1 aromatic carbocycles. The Morgan fingerprint density at radius 2 is 1.95 bits per heavy atom. The third-order valence-corrected chi connectivity index (χ3v) is 3.81. The second-order valence-corrected chi connectivity index (χ2v) is 5.44. The monoisotopic (exact) mass is 285 g/mol. The van der Waals surface area contributed by atoms with Crippen LogP contribution in [0.1, 0.15) is 17.8 Å². The van der Waals surface area contributed by atoms with Crippen LogP contribution in [0.2, 0.25) is 0 Å². The Morgan fingerprint density at radius 3 is 2.68 bits per heavy atom. The Morgan fingerprint density at radius 1 is 1.16 bits per heavy atom. The SMILES string of the molecule is Fc1ccc(-c2nnc(CNC3CC3)s2)c(F)c1F. The van der Waals surface area contributed by atoms with E-state index in [1.807, 2.05) is 0 Å². The molecule has 0 atom stereocenters. The first-order chi connectivity index (χ1) is 9.15. The Bertz CT molecular complexity index is 610. The summed E-state index contributed by atoms with van der Waals surface area (Å²) in [7, 11) is 0. The molecule has 1 heterocycles. The van der Waals surface area contributed by atoms with Crippen molar-refractivity contribution in [3.05, 3.63) is 34.6 Å². The average molecular weight is 285 g/mol. The molecule has 100 valence electrons. The third-order valence-electron chi connectivity index (χ3n) is 2.85. The highest BCUT2D eigenvalue weighted by atomic mass is 32.1. The highest BCUT2D eigenvalue weighted by molar-refractivity contribution is 7.14. The van der Waals surface area contributed by atoms with Gasteiger partial charge in [0, 0.05) is 12.6 Å². The van der Waals surface area contributed by atoms with E-state index in [2.05, 4.69) is 15.5 Å². The van der Waals surface area contributed by atoms with Crippen LogP contribution in [0.15, 0.2) is 12.1 Å². The molecule has 1 saturated carbocycles. The summed E-state index contributed by atoms with van der Waals surface area (Å²) < 4.78 is 39.6. The van der Waals surface area contributed by atoms with E-state index in [1.165, 1.54) is 17.4 Å². The Balaban J connectivity index is 1.83. The average Bonchev–Trinajstić information content (AvgIpc) is 3.12. The molecule has 0 amide bonds. The smallest absolute Gasteiger partial charge is 0.195 e. The molecule has 1 fully saturated rings. The van der Waals surface area contributed by atoms with Gasteiger partial charge in [0.05, 0.1) is 5.56 Å². The topological polar surface area (TPSA) is 37.8 Å². The number of nitrogens with zero attached hydrogens (tertiary/aromatic N) is 2. The fraction of sp³-hybridized carbons (Fsp3) is 0.333. The maximum Gasteiger partial charge on any atom is 0.195 e. The lowest BCUT2D eigenvalue weighted by atomic mass is 10.2. The normalized spacial score (nSPS) is 14.9. The first-order valence-corrected chi connectivity index (χ1v) is 6.66. The fourth-order valence-electron chi connectivity index (χ4n) is 1.64. The van der Waals surface area contributed by atoms with Gasteiger partial charge in [0.1, 0.15) is 5.01 Å². The van der Waals surface area contributed by atoms with Crippen molar-refractivity contribution < 1.29 is 13.2 Å². The van der Waals surface area contributed by atoms with Gasteiger partial charge in [0.25, 0.3) is 0 Å². The molecule has 7 heteroatoms. The van der Waals surface area contributed by atoms with Gasteiger partial charge in [-0.25, -0.2) is 13.2 Å². The van der Waals surface area contributed by atoms with Crippen LogP contribution in [0.5, 0.6) is 0 Å². The molecule has 0 spiro atoms. The van der Waals surface area contributed by atoms with E-state index < -0.39 is 17.5 Å². The molecule has 0 unspecified atom stereocenters. The van der Waals surface area contributed by atoms with Crippen molar-refractivity contribution in [2.45, 2.75) is 25.4 Å².